The van der Waals surface area contributed by atoms with Gasteiger partial charge in [0.2, 0.25) is 0 Å². The van der Waals surface area contributed by atoms with Crippen molar-refractivity contribution in [1.82, 2.24) is 5.32 Å². The van der Waals surface area contributed by atoms with E-state index >= 15 is 0 Å². The monoisotopic (exact) mass is 535 g/mol. The Kier molecular flexibility index (Phi) is 7.31. The molecule has 0 atom stereocenters. The minimum absolute atomic E-state index is 0.105. The lowest BCUT2D eigenvalue weighted by Gasteiger charge is -2.12. The molecule has 4 aromatic rings. The van der Waals surface area contributed by atoms with Gasteiger partial charge in [0.1, 0.15) is 22.6 Å². The van der Waals surface area contributed by atoms with E-state index < -0.39 is 17.5 Å². The highest BCUT2D eigenvalue weighted by molar-refractivity contribution is 9.10. The Morgan fingerprint density at radius 1 is 0.971 bits per heavy atom. The molecular formula is C27H22BrNO6. The van der Waals surface area contributed by atoms with Crippen LogP contribution in [0.2, 0.25) is 0 Å². The van der Waals surface area contributed by atoms with Crippen molar-refractivity contribution in [2.45, 2.75) is 20.4 Å². The number of aryl methyl sites for hydroxylation is 2. The number of amides is 1. The fourth-order valence-electron chi connectivity index (χ4n) is 3.60. The van der Waals surface area contributed by atoms with Crippen molar-refractivity contribution in [1.29, 1.82) is 0 Å². The summed E-state index contributed by atoms with van der Waals surface area (Å²) in [6, 6.07) is 19.2. The van der Waals surface area contributed by atoms with Crippen molar-refractivity contribution in [3.05, 3.63) is 104 Å². The minimum Gasteiger partial charge on any atom is -0.481 e. The van der Waals surface area contributed by atoms with Crippen LogP contribution in [0.15, 0.2) is 80.4 Å². The topological polar surface area (TPSA) is 94.8 Å². The van der Waals surface area contributed by atoms with Gasteiger partial charge in [-0.25, -0.2) is 9.59 Å². The summed E-state index contributed by atoms with van der Waals surface area (Å²) < 4.78 is 17.2. The maximum absolute atomic E-state index is 12.5. The first kappa shape index (κ1) is 24.2. The van der Waals surface area contributed by atoms with Crippen LogP contribution in [0.5, 0.6) is 11.5 Å². The molecule has 0 aliphatic rings. The quantitative estimate of drug-likeness (QED) is 0.201. The average Bonchev–Trinajstić information content (AvgIpc) is 2.82. The molecule has 0 unspecified atom stereocenters. The molecule has 4 rings (SSSR count). The van der Waals surface area contributed by atoms with Crippen LogP contribution >= 0.6 is 15.9 Å². The van der Waals surface area contributed by atoms with E-state index in [4.69, 9.17) is 13.9 Å². The van der Waals surface area contributed by atoms with Gasteiger partial charge in [-0.2, -0.15) is 0 Å². The van der Waals surface area contributed by atoms with Gasteiger partial charge in [0.15, 0.2) is 6.61 Å². The summed E-state index contributed by atoms with van der Waals surface area (Å²) in [7, 11) is 0. The highest BCUT2D eigenvalue weighted by Crippen LogP contribution is 2.27. The molecule has 1 heterocycles. The van der Waals surface area contributed by atoms with Gasteiger partial charge in [-0.3, -0.25) is 4.79 Å². The molecule has 0 bridgehead atoms. The summed E-state index contributed by atoms with van der Waals surface area (Å²) in [5, 5.41) is 3.23. The van der Waals surface area contributed by atoms with Crippen LogP contribution in [0.3, 0.4) is 0 Å². The summed E-state index contributed by atoms with van der Waals surface area (Å²) in [6.07, 6.45) is 0. The maximum atomic E-state index is 12.5. The Morgan fingerprint density at radius 3 is 2.40 bits per heavy atom. The third-order valence-electron chi connectivity index (χ3n) is 5.24. The average molecular weight is 536 g/mol. The SMILES string of the molecule is Cc1cc(Br)cc(C)c1OCC(=O)Oc1ccc2cc(C(=O)NCc3ccccc3)c(=O)oc2c1. The van der Waals surface area contributed by atoms with E-state index in [-0.39, 0.29) is 30.0 Å². The second kappa shape index (κ2) is 10.6. The van der Waals surface area contributed by atoms with Gasteiger partial charge in [-0.1, -0.05) is 46.3 Å². The first-order chi connectivity index (χ1) is 16.8. The number of hydrogen-bond acceptors (Lipinski definition) is 6. The molecule has 1 amide bonds. The second-order valence-corrected chi connectivity index (χ2v) is 8.86. The summed E-state index contributed by atoms with van der Waals surface area (Å²) in [4.78, 5) is 37.2. The third-order valence-corrected chi connectivity index (χ3v) is 5.70. The predicted octanol–water partition coefficient (Wildman–Crippen LogP) is 5.09. The first-order valence-corrected chi connectivity index (χ1v) is 11.6. The van der Waals surface area contributed by atoms with E-state index in [1.54, 1.807) is 12.1 Å². The summed E-state index contributed by atoms with van der Waals surface area (Å²) in [6.45, 7) is 3.78. The van der Waals surface area contributed by atoms with E-state index in [0.717, 1.165) is 21.2 Å². The van der Waals surface area contributed by atoms with Gasteiger partial charge in [-0.05, 0) is 60.9 Å². The third kappa shape index (κ3) is 5.96. The van der Waals surface area contributed by atoms with Gasteiger partial charge in [0.25, 0.3) is 5.91 Å². The standard InChI is InChI=1S/C27H22BrNO6/c1-16-10-20(28)11-17(2)25(16)33-15-24(30)34-21-9-8-19-12-22(27(32)35-23(19)13-21)26(31)29-14-18-6-4-3-5-7-18/h3-13H,14-15H2,1-2H3,(H,29,31). The van der Waals surface area contributed by atoms with E-state index in [2.05, 4.69) is 21.2 Å². The highest BCUT2D eigenvalue weighted by atomic mass is 79.9. The van der Waals surface area contributed by atoms with Crippen LogP contribution in [0.1, 0.15) is 27.0 Å². The fourth-order valence-corrected chi connectivity index (χ4v) is 4.29. The molecule has 0 aliphatic carbocycles. The zero-order valence-electron chi connectivity index (χ0n) is 19.1. The van der Waals surface area contributed by atoms with Gasteiger partial charge in [0.05, 0.1) is 0 Å². The Balaban J connectivity index is 1.42. The highest BCUT2D eigenvalue weighted by Gasteiger charge is 2.15. The van der Waals surface area contributed by atoms with Crippen LogP contribution in [0.4, 0.5) is 0 Å². The molecule has 0 spiro atoms. The van der Waals surface area contributed by atoms with E-state index in [1.807, 2.05) is 56.3 Å². The van der Waals surface area contributed by atoms with Crippen molar-refractivity contribution < 1.29 is 23.5 Å². The number of benzene rings is 3. The molecule has 0 radical (unpaired) electrons. The molecule has 1 N–H and O–H groups in total. The molecule has 8 heteroatoms. The van der Waals surface area contributed by atoms with Crippen LogP contribution < -0.4 is 20.4 Å². The summed E-state index contributed by atoms with van der Waals surface area (Å²) in [5.41, 5.74) is 2.00. The number of halogens is 1. The van der Waals surface area contributed by atoms with E-state index in [9.17, 15) is 14.4 Å². The number of ether oxygens (including phenoxy) is 2. The van der Waals surface area contributed by atoms with Crippen LogP contribution in [0, 0.1) is 13.8 Å². The first-order valence-electron chi connectivity index (χ1n) is 10.8. The lowest BCUT2D eigenvalue weighted by molar-refractivity contribution is -0.136. The van der Waals surface area contributed by atoms with Gasteiger partial charge < -0.3 is 19.2 Å². The van der Waals surface area contributed by atoms with Crippen molar-refractivity contribution in [3.8, 4) is 11.5 Å². The second-order valence-electron chi connectivity index (χ2n) is 7.95. The molecule has 3 aromatic carbocycles. The molecule has 0 aliphatic heterocycles. The minimum atomic E-state index is -0.781. The number of rotatable bonds is 7. The molecule has 0 fully saturated rings. The van der Waals surface area contributed by atoms with Crippen molar-refractivity contribution in [3.63, 3.8) is 0 Å². The Hall–Kier alpha value is -3.91. The number of fused-ring (bicyclic) bond motifs is 1. The molecular weight excluding hydrogens is 514 g/mol. The van der Waals surface area contributed by atoms with Gasteiger partial charge >= 0.3 is 11.6 Å². The number of esters is 1. The molecule has 0 saturated carbocycles. The lowest BCUT2D eigenvalue weighted by atomic mass is 10.1. The Bertz CT molecular complexity index is 1440. The zero-order chi connectivity index (χ0) is 24.9. The molecule has 7 nitrogen and oxygen atoms in total. The fraction of sp³-hybridized carbons (Fsp3) is 0.148. The lowest BCUT2D eigenvalue weighted by Crippen LogP contribution is -2.27. The van der Waals surface area contributed by atoms with E-state index in [1.165, 1.54) is 12.1 Å². The Labute approximate surface area is 209 Å². The summed E-state index contributed by atoms with van der Waals surface area (Å²) in [5.74, 6) is -0.325. The predicted molar refractivity (Wildman–Crippen MR) is 135 cm³/mol. The number of nitrogens with one attached hydrogen (secondary N) is 1. The molecule has 178 valence electrons. The van der Waals surface area contributed by atoms with Crippen LogP contribution in [-0.4, -0.2) is 18.5 Å². The largest absolute Gasteiger partial charge is 0.481 e. The molecule has 1 aromatic heterocycles. The number of hydrogen-bond donors (Lipinski definition) is 1. The smallest absolute Gasteiger partial charge is 0.349 e. The number of carbonyl (C=O) groups is 2. The van der Waals surface area contributed by atoms with Crippen LogP contribution in [-0.2, 0) is 11.3 Å². The van der Waals surface area contributed by atoms with Gasteiger partial charge in [0, 0.05) is 22.5 Å². The van der Waals surface area contributed by atoms with Crippen LogP contribution in [0.25, 0.3) is 11.0 Å². The normalized spacial score (nSPS) is 10.7. The summed E-state index contributed by atoms with van der Waals surface area (Å²) >= 11 is 3.43. The van der Waals surface area contributed by atoms with Crippen molar-refractivity contribution >= 4 is 38.8 Å². The molecule has 0 saturated heterocycles. The van der Waals surface area contributed by atoms with Crippen molar-refractivity contribution in [2.75, 3.05) is 6.61 Å². The van der Waals surface area contributed by atoms with Gasteiger partial charge in [-0.15, -0.1) is 0 Å². The zero-order valence-corrected chi connectivity index (χ0v) is 20.7. The maximum Gasteiger partial charge on any atom is 0.349 e. The van der Waals surface area contributed by atoms with Crippen molar-refractivity contribution in [2.24, 2.45) is 0 Å². The Morgan fingerprint density at radius 2 is 1.69 bits per heavy atom. The molecule has 35 heavy (non-hydrogen) atoms. The number of carbonyl (C=O) groups excluding carboxylic acids is 2. The van der Waals surface area contributed by atoms with E-state index in [0.29, 0.717) is 11.1 Å².